The van der Waals surface area contributed by atoms with Crippen LogP contribution in [0.5, 0.6) is 0 Å². The minimum Gasteiger partial charge on any atom is -0.436 e. The molecule has 0 aliphatic carbocycles. The molecule has 19 heavy (non-hydrogen) atoms. The van der Waals surface area contributed by atoms with Crippen LogP contribution in [0, 0.1) is 27.7 Å². The van der Waals surface area contributed by atoms with E-state index in [0.29, 0.717) is 23.0 Å². The van der Waals surface area contributed by atoms with E-state index < -0.39 is 0 Å². The summed E-state index contributed by atoms with van der Waals surface area (Å²) in [7, 11) is 0. The number of nitrogens with one attached hydrogen (secondary N) is 1. The predicted molar refractivity (Wildman–Crippen MR) is 74.3 cm³/mol. The summed E-state index contributed by atoms with van der Waals surface area (Å²) in [6, 6.07) is 3.69. The zero-order valence-corrected chi connectivity index (χ0v) is 11.5. The molecule has 1 aromatic carbocycles. The van der Waals surface area contributed by atoms with Gasteiger partial charge in [0.25, 0.3) is 5.91 Å². The van der Waals surface area contributed by atoms with Crippen LogP contribution < -0.4 is 11.1 Å². The van der Waals surface area contributed by atoms with Gasteiger partial charge in [0, 0.05) is 6.92 Å². The Morgan fingerprint density at radius 2 is 1.84 bits per heavy atom. The van der Waals surface area contributed by atoms with Gasteiger partial charge >= 0.3 is 0 Å². The number of nitrogen functional groups attached to an aromatic ring is 1. The summed E-state index contributed by atoms with van der Waals surface area (Å²) in [5, 5.41) is 2.75. The van der Waals surface area contributed by atoms with E-state index in [1.165, 1.54) is 0 Å². The largest absolute Gasteiger partial charge is 0.436 e. The molecule has 2 aromatic rings. The molecule has 0 saturated heterocycles. The minimum absolute atomic E-state index is 0.218. The lowest BCUT2D eigenvalue weighted by Gasteiger charge is -2.10. The maximum atomic E-state index is 12.1. The molecule has 0 aliphatic rings. The highest BCUT2D eigenvalue weighted by Crippen LogP contribution is 2.24. The van der Waals surface area contributed by atoms with Crippen molar-refractivity contribution in [1.29, 1.82) is 0 Å². The van der Waals surface area contributed by atoms with Gasteiger partial charge in [-0.1, -0.05) is 0 Å². The molecule has 3 N–H and O–H groups in total. The Morgan fingerprint density at radius 1 is 1.21 bits per heavy atom. The Labute approximate surface area is 111 Å². The highest BCUT2D eigenvalue weighted by molar-refractivity contribution is 6.04. The van der Waals surface area contributed by atoms with Crippen molar-refractivity contribution in [3.8, 4) is 0 Å². The molecule has 1 amide bonds. The molecule has 0 saturated carbocycles. The molecule has 0 bridgehead atoms. The number of hydrogen-bond acceptors (Lipinski definition) is 4. The first-order valence-electron chi connectivity index (χ1n) is 6.00. The molecule has 0 spiro atoms. The van der Waals surface area contributed by atoms with Gasteiger partial charge in [0.2, 0.25) is 5.76 Å². The highest BCUT2D eigenvalue weighted by atomic mass is 16.4. The lowest BCUT2D eigenvalue weighted by atomic mass is 10.1. The number of benzene rings is 1. The molecule has 1 aromatic heterocycles. The summed E-state index contributed by atoms with van der Waals surface area (Å²) in [6.07, 6.45) is 0. The topological polar surface area (TPSA) is 81.2 Å². The van der Waals surface area contributed by atoms with Crippen LogP contribution in [0.15, 0.2) is 16.5 Å². The number of amides is 1. The molecule has 1 heterocycles. The Hall–Kier alpha value is -2.30. The van der Waals surface area contributed by atoms with Crippen LogP contribution in [0.4, 0.5) is 11.4 Å². The number of nitrogens with two attached hydrogens (primary N) is 1. The monoisotopic (exact) mass is 259 g/mol. The number of aryl methyl sites for hydroxylation is 4. The summed E-state index contributed by atoms with van der Waals surface area (Å²) >= 11 is 0. The van der Waals surface area contributed by atoms with Gasteiger partial charge in [-0.2, -0.15) is 0 Å². The van der Waals surface area contributed by atoms with Gasteiger partial charge in [0.15, 0.2) is 5.89 Å². The number of aromatic nitrogens is 1. The van der Waals surface area contributed by atoms with E-state index >= 15 is 0 Å². The average molecular weight is 259 g/mol. The lowest BCUT2D eigenvalue weighted by molar-refractivity contribution is 0.0994. The first kappa shape index (κ1) is 13.1. The SMILES string of the molecule is Cc1nc(C)c(C(=O)Nc2cc(C)c(C)cc2N)o1. The van der Waals surface area contributed by atoms with Crippen LogP contribution in [0.1, 0.15) is 33.3 Å². The van der Waals surface area contributed by atoms with E-state index in [9.17, 15) is 4.79 Å². The fourth-order valence-corrected chi connectivity index (χ4v) is 1.87. The van der Waals surface area contributed by atoms with Crippen LogP contribution in [0.25, 0.3) is 0 Å². The zero-order chi connectivity index (χ0) is 14.2. The quantitative estimate of drug-likeness (QED) is 0.812. The molecular formula is C14H17N3O2. The van der Waals surface area contributed by atoms with E-state index in [1.807, 2.05) is 26.0 Å². The summed E-state index contributed by atoms with van der Waals surface area (Å²) in [5.41, 5.74) is 9.73. The van der Waals surface area contributed by atoms with Gasteiger partial charge in [-0.05, 0) is 44.0 Å². The molecule has 0 unspecified atom stereocenters. The minimum atomic E-state index is -0.340. The van der Waals surface area contributed by atoms with Crippen molar-refractivity contribution < 1.29 is 9.21 Å². The van der Waals surface area contributed by atoms with Crippen molar-refractivity contribution >= 4 is 17.3 Å². The second-order valence-corrected chi connectivity index (χ2v) is 4.63. The lowest BCUT2D eigenvalue weighted by Crippen LogP contribution is -2.14. The van der Waals surface area contributed by atoms with Gasteiger partial charge in [-0.15, -0.1) is 0 Å². The third-order valence-electron chi connectivity index (χ3n) is 3.02. The Balaban J connectivity index is 2.29. The van der Waals surface area contributed by atoms with E-state index in [1.54, 1.807) is 13.8 Å². The molecule has 2 rings (SSSR count). The summed E-state index contributed by atoms with van der Waals surface area (Å²) in [6.45, 7) is 7.37. The molecule has 0 aliphatic heterocycles. The first-order chi connectivity index (χ1) is 8.88. The molecular weight excluding hydrogens is 242 g/mol. The standard InChI is InChI=1S/C14H17N3O2/c1-7-5-11(15)12(6-8(7)2)17-14(18)13-9(3)16-10(4)19-13/h5-6H,15H2,1-4H3,(H,17,18). The van der Waals surface area contributed by atoms with Crippen molar-refractivity contribution in [3.05, 3.63) is 40.6 Å². The van der Waals surface area contributed by atoms with E-state index in [2.05, 4.69) is 10.3 Å². The number of hydrogen-bond donors (Lipinski definition) is 2. The molecule has 5 nitrogen and oxygen atoms in total. The van der Waals surface area contributed by atoms with Crippen molar-refractivity contribution in [2.24, 2.45) is 0 Å². The maximum absolute atomic E-state index is 12.1. The maximum Gasteiger partial charge on any atom is 0.293 e. The van der Waals surface area contributed by atoms with Crippen LogP contribution in [-0.2, 0) is 0 Å². The van der Waals surface area contributed by atoms with Crippen LogP contribution in [0.2, 0.25) is 0 Å². The number of carbonyl (C=O) groups excluding carboxylic acids is 1. The third kappa shape index (κ3) is 2.59. The van der Waals surface area contributed by atoms with Gasteiger partial charge in [-0.25, -0.2) is 4.98 Å². The predicted octanol–water partition coefficient (Wildman–Crippen LogP) is 2.74. The summed E-state index contributed by atoms with van der Waals surface area (Å²) in [4.78, 5) is 16.2. The van der Waals surface area contributed by atoms with Crippen LogP contribution in [0.3, 0.4) is 0 Å². The van der Waals surface area contributed by atoms with Gasteiger partial charge in [0.1, 0.15) is 0 Å². The van der Waals surface area contributed by atoms with Crippen LogP contribution in [-0.4, -0.2) is 10.9 Å². The fraction of sp³-hybridized carbons (Fsp3) is 0.286. The molecule has 5 heteroatoms. The van der Waals surface area contributed by atoms with Gasteiger partial charge in [0.05, 0.1) is 17.1 Å². The molecule has 0 radical (unpaired) electrons. The third-order valence-corrected chi connectivity index (χ3v) is 3.02. The second-order valence-electron chi connectivity index (χ2n) is 4.63. The number of oxazole rings is 1. The number of nitrogens with zero attached hydrogens (tertiary/aromatic N) is 1. The smallest absolute Gasteiger partial charge is 0.293 e. The van der Waals surface area contributed by atoms with Gasteiger partial charge < -0.3 is 15.5 Å². The molecule has 0 fully saturated rings. The van der Waals surface area contributed by atoms with Crippen LogP contribution >= 0.6 is 0 Å². The Morgan fingerprint density at radius 3 is 2.42 bits per heavy atom. The van der Waals surface area contributed by atoms with Crippen molar-refractivity contribution in [1.82, 2.24) is 4.98 Å². The average Bonchev–Trinajstić information content (AvgIpc) is 2.65. The van der Waals surface area contributed by atoms with E-state index in [0.717, 1.165) is 11.1 Å². The number of anilines is 2. The molecule has 100 valence electrons. The summed E-state index contributed by atoms with van der Waals surface area (Å²) in [5.74, 6) is 0.346. The number of carbonyl (C=O) groups is 1. The molecule has 0 atom stereocenters. The normalized spacial score (nSPS) is 10.5. The number of rotatable bonds is 2. The summed E-state index contributed by atoms with van der Waals surface area (Å²) < 4.78 is 5.28. The fourth-order valence-electron chi connectivity index (χ4n) is 1.87. The Kier molecular flexibility index (Phi) is 3.29. The van der Waals surface area contributed by atoms with Crippen molar-refractivity contribution in [2.45, 2.75) is 27.7 Å². The Bertz CT molecular complexity index is 644. The highest BCUT2D eigenvalue weighted by Gasteiger charge is 2.17. The first-order valence-corrected chi connectivity index (χ1v) is 6.00. The van der Waals surface area contributed by atoms with Gasteiger partial charge in [-0.3, -0.25) is 4.79 Å². The van der Waals surface area contributed by atoms with E-state index in [-0.39, 0.29) is 11.7 Å². The van der Waals surface area contributed by atoms with E-state index in [4.69, 9.17) is 10.2 Å². The zero-order valence-electron chi connectivity index (χ0n) is 11.5. The van der Waals surface area contributed by atoms with Crippen molar-refractivity contribution in [3.63, 3.8) is 0 Å². The van der Waals surface area contributed by atoms with Crippen molar-refractivity contribution in [2.75, 3.05) is 11.1 Å². The second kappa shape index (κ2) is 4.76.